The Morgan fingerprint density at radius 3 is 2.00 bits per heavy atom. The Morgan fingerprint density at radius 1 is 0.850 bits per heavy atom. The van der Waals surface area contributed by atoms with Gasteiger partial charge in [-0.15, -0.1) is 0 Å². The first-order valence-electron chi connectivity index (χ1n) is 7.06. The Labute approximate surface area is 120 Å². The summed E-state index contributed by atoms with van der Waals surface area (Å²) in [5.74, 6) is -0.140. The van der Waals surface area contributed by atoms with Gasteiger partial charge in [0.05, 0.1) is 0 Å². The van der Waals surface area contributed by atoms with Gasteiger partial charge in [0.25, 0.3) is 0 Å². The first-order valence-corrected chi connectivity index (χ1v) is 7.06. The third-order valence-corrected chi connectivity index (χ3v) is 3.77. The first kappa shape index (κ1) is 14.7. The minimum absolute atomic E-state index is 0.112. The fourth-order valence-corrected chi connectivity index (χ4v) is 2.30. The van der Waals surface area contributed by atoms with Gasteiger partial charge in [-0.3, -0.25) is 0 Å². The molecule has 0 bridgehead atoms. The molecule has 2 heteroatoms. The van der Waals surface area contributed by atoms with E-state index in [4.69, 9.17) is 0 Å². The van der Waals surface area contributed by atoms with Crippen LogP contribution in [-0.4, -0.2) is 0 Å². The van der Waals surface area contributed by atoms with Crippen LogP contribution in [0.25, 0.3) is 0 Å². The molecule has 1 nitrogen and oxygen atoms in total. The van der Waals surface area contributed by atoms with Gasteiger partial charge in [-0.2, -0.15) is 0 Å². The zero-order valence-corrected chi connectivity index (χ0v) is 12.6. The van der Waals surface area contributed by atoms with Crippen molar-refractivity contribution in [2.24, 2.45) is 0 Å². The summed E-state index contributed by atoms with van der Waals surface area (Å²) >= 11 is 0. The van der Waals surface area contributed by atoms with Crippen LogP contribution in [0.15, 0.2) is 42.5 Å². The minimum Gasteiger partial charge on any atom is -0.304 e. The lowest BCUT2D eigenvalue weighted by atomic mass is 10.0. The lowest BCUT2D eigenvalue weighted by Gasteiger charge is -2.21. The number of rotatable bonds is 4. The molecule has 0 saturated carbocycles. The molecule has 0 aliphatic carbocycles. The average molecular weight is 271 g/mol. The molecule has 2 unspecified atom stereocenters. The van der Waals surface area contributed by atoms with Crippen molar-refractivity contribution in [3.05, 3.63) is 70.5 Å². The van der Waals surface area contributed by atoms with E-state index in [1.54, 1.807) is 13.0 Å². The fourth-order valence-electron chi connectivity index (χ4n) is 2.30. The molecule has 0 amide bonds. The van der Waals surface area contributed by atoms with Crippen molar-refractivity contribution in [2.45, 2.75) is 39.8 Å². The van der Waals surface area contributed by atoms with Crippen molar-refractivity contribution in [1.82, 2.24) is 5.32 Å². The molecule has 0 saturated heterocycles. The van der Waals surface area contributed by atoms with Crippen LogP contribution >= 0.6 is 0 Å². The van der Waals surface area contributed by atoms with Crippen LogP contribution in [0, 0.1) is 19.7 Å². The summed E-state index contributed by atoms with van der Waals surface area (Å²) in [6, 6.07) is 14.3. The molecule has 1 N–H and O–H groups in total. The molecule has 0 fully saturated rings. The SMILES string of the molecule is Cc1ccc(C(C)NC(C)c2ccc(C)c(F)c2)cc1. The third-order valence-electron chi connectivity index (χ3n) is 3.77. The summed E-state index contributed by atoms with van der Waals surface area (Å²) in [7, 11) is 0. The topological polar surface area (TPSA) is 12.0 Å². The van der Waals surface area contributed by atoms with Crippen molar-refractivity contribution in [3.63, 3.8) is 0 Å². The Bertz CT molecular complexity index is 574. The zero-order chi connectivity index (χ0) is 14.7. The maximum atomic E-state index is 13.6. The van der Waals surface area contributed by atoms with Gasteiger partial charge in [0.1, 0.15) is 5.82 Å². The molecule has 2 atom stereocenters. The molecule has 20 heavy (non-hydrogen) atoms. The summed E-state index contributed by atoms with van der Waals surface area (Å²) in [6.45, 7) is 8.06. The predicted octanol–water partition coefficient (Wildman–Crippen LogP) is 4.85. The van der Waals surface area contributed by atoms with Crippen molar-refractivity contribution in [2.75, 3.05) is 0 Å². The van der Waals surface area contributed by atoms with Crippen LogP contribution < -0.4 is 5.32 Å². The highest BCUT2D eigenvalue weighted by Crippen LogP contribution is 2.21. The molecule has 0 heterocycles. The lowest BCUT2D eigenvalue weighted by Crippen LogP contribution is -2.22. The highest BCUT2D eigenvalue weighted by atomic mass is 19.1. The van der Waals surface area contributed by atoms with Gasteiger partial charge in [0.2, 0.25) is 0 Å². The Morgan fingerprint density at radius 2 is 1.40 bits per heavy atom. The van der Waals surface area contributed by atoms with Crippen LogP contribution in [0.3, 0.4) is 0 Å². The second-order valence-corrected chi connectivity index (χ2v) is 5.53. The first-order chi connectivity index (χ1) is 9.47. The second kappa shape index (κ2) is 6.19. The molecular formula is C18H22FN. The highest BCUT2D eigenvalue weighted by Gasteiger charge is 2.12. The third kappa shape index (κ3) is 3.45. The molecule has 2 aromatic carbocycles. The van der Waals surface area contributed by atoms with Crippen LogP contribution in [0.1, 0.15) is 48.2 Å². The smallest absolute Gasteiger partial charge is 0.126 e. The van der Waals surface area contributed by atoms with Gasteiger partial charge in [-0.25, -0.2) is 4.39 Å². The zero-order valence-electron chi connectivity index (χ0n) is 12.6. The van der Waals surface area contributed by atoms with Gasteiger partial charge in [-0.1, -0.05) is 42.0 Å². The second-order valence-electron chi connectivity index (χ2n) is 5.53. The largest absolute Gasteiger partial charge is 0.304 e. The standard InChI is InChI=1S/C18H22FN/c1-12-5-8-16(9-6-12)14(3)20-15(4)17-10-7-13(2)18(19)11-17/h5-11,14-15,20H,1-4H3. The quantitative estimate of drug-likeness (QED) is 0.837. The van der Waals surface area contributed by atoms with Gasteiger partial charge in [0, 0.05) is 12.1 Å². The van der Waals surface area contributed by atoms with E-state index in [2.05, 4.69) is 50.4 Å². The molecule has 0 aromatic heterocycles. The van der Waals surface area contributed by atoms with E-state index < -0.39 is 0 Å². The molecule has 0 radical (unpaired) electrons. The Hall–Kier alpha value is -1.67. The van der Waals surface area contributed by atoms with Crippen molar-refractivity contribution < 1.29 is 4.39 Å². The number of benzene rings is 2. The molecule has 0 aliphatic heterocycles. The number of halogens is 1. The summed E-state index contributed by atoms with van der Waals surface area (Å²) < 4.78 is 13.6. The van der Waals surface area contributed by atoms with E-state index in [1.165, 1.54) is 11.1 Å². The minimum atomic E-state index is -0.140. The van der Waals surface area contributed by atoms with Crippen molar-refractivity contribution in [1.29, 1.82) is 0 Å². The van der Waals surface area contributed by atoms with E-state index in [9.17, 15) is 4.39 Å². The molecule has 0 spiro atoms. The summed E-state index contributed by atoms with van der Waals surface area (Å²) in [5, 5.41) is 3.51. The fraction of sp³-hybridized carbons (Fsp3) is 0.333. The van der Waals surface area contributed by atoms with E-state index >= 15 is 0 Å². The monoisotopic (exact) mass is 271 g/mol. The maximum Gasteiger partial charge on any atom is 0.126 e. The van der Waals surface area contributed by atoms with Gasteiger partial charge in [-0.05, 0) is 50.5 Å². The van der Waals surface area contributed by atoms with Crippen molar-refractivity contribution in [3.8, 4) is 0 Å². The number of hydrogen-bond donors (Lipinski definition) is 1. The number of hydrogen-bond acceptors (Lipinski definition) is 1. The molecule has 106 valence electrons. The van der Waals surface area contributed by atoms with E-state index in [0.29, 0.717) is 5.56 Å². The average Bonchev–Trinajstić information content (AvgIpc) is 2.42. The Balaban J connectivity index is 2.08. The molecule has 2 rings (SSSR count). The molecule has 0 aliphatic rings. The molecule has 2 aromatic rings. The van der Waals surface area contributed by atoms with E-state index in [1.807, 2.05) is 12.1 Å². The van der Waals surface area contributed by atoms with Crippen LogP contribution in [0.2, 0.25) is 0 Å². The predicted molar refractivity (Wildman–Crippen MR) is 82.3 cm³/mol. The molecular weight excluding hydrogens is 249 g/mol. The number of nitrogens with one attached hydrogen (secondary N) is 1. The van der Waals surface area contributed by atoms with Crippen LogP contribution in [-0.2, 0) is 0 Å². The van der Waals surface area contributed by atoms with E-state index in [-0.39, 0.29) is 17.9 Å². The number of aryl methyl sites for hydroxylation is 2. The van der Waals surface area contributed by atoms with E-state index in [0.717, 1.165) is 5.56 Å². The highest BCUT2D eigenvalue weighted by molar-refractivity contribution is 5.27. The normalized spacial score (nSPS) is 14.1. The summed E-state index contributed by atoms with van der Waals surface area (Å²) in [6.07, 6.45) is 0. The lowest BCUT2D eigenvalue weighted by molar-refractivity contribution is 0.491. The van der Waals surface area contributed by atoms with Gasteiger partial charge >= 0.3 is 0 Å². The maximum absolute atomic E-state index is 13.6. The Kier molecular flexibility index (Phi) is 4.56. The van der Waals surface area contributed by atoms with Crippen LogP contribution in [0.5, 0.6) is 0 Å². The van der Waals surface area contributed by atoms with Crippen molar-refractivity contribution >= 4 is 0 Å². The van der Waals surface area contributed by atoms with Crippen LogP contribution in [0.4, 0.5) is 4.39 Å². The summed E-state index contributed by atoms with van der Waals surface area (Å²) in [4.78, 5) is 0. The van der Waals surface area contributed by atoms with Gasteiger partial charge in [0.15, 0.2) is 0 Å². The van der Waals surface area contributed by atoms with Gasteiger partial charge < -0.3 is 5.32 Å². The summed E-state index contributed by atoms with van der Waals surface area (Å²) in [5.41, 5.74) is 4.17.